The summed E-state index contributed by atoms with van der Waals surface area (Å²) in [7, 11) is 0. The molecule has 0 aliphatic rings. The third-order valence-corrected chi connectivity index (χ3v) is 4.18. The van der Waals surface area contributed by atoms with E-state index in [1.165, 1.54) is 6.20 Å². The Bertz CT molecular complexity index is 896. The van der Waals surface area contributed by atoms with Gasteiger partial charge < -0.3 is 5.32 Å². The van der Waals surface area contributed by atoms with Crippen molar-refractivity contribution < 1.29 is 4.79 Å². The van der Waals surface area contributed by atoms with Crippen molar-refractivity contribution in [1.82, 2.24) is 14.8 Å². The van der Waals surface area contributed by atoms with Crippen LogP contribution in [-0.2, 0) is 12.0 Å². The lowest BCUT2D eigenvalue weighted by atomic mass is 9.92. The van der Waals surface area contributed by atoms with Gasteiger partial charge in [0.1, 0.15) is 11.0 Å². The molecule has 26 heavy (non-hydrogen) atoms. The van der Waals surface area contributed by atoms with Crippen LogP contribution in [-0.4, -0.2) is 20.7 Å². The number of hydrogen-bond donors (Lipinski definition) is 1. The van der Waals surface area contributed by atoms with Gasteiger partial charge in [0.2, 0.25) is 0 Å². The molecule has 0 bridgehead atoms. The molecule has 5 nitrogen and oxygen atoms in total. The Labute approximate surface area is 158 Å². The maximum Gasteiger partial charge on any atom is 0.258 e. The number of carbonyl (C=O) groups is 1. The average molecular weight is 369 g/mol. The Balaban J connectivity index is 1.90. The Morgan fingerprint density at radius 1 is 1.15 bits per heavy atom. The molecular weight excluding hydrogens is 348 g/mol. The molecule has 0 radical (unpaired) electrons. The molecule has 2 heterocycles. The summed E-state index contributed by atoms with van der Waals surface area (Å²) in [5.74, 6) is 0.405. The normalized spacial score (nSPS) is 11.4. The molecule has 1 aromatic carbocycles. The minimum atomic E-state index is -0.246. The van der Waals surface area contributed by atoms with E-state index in [-0.39, 0.29) is 11.3 Å². The maximum absolute atomic E-state index is 12.6. The number of nitrogens with zero attached hydrogens (tertiary/aromatic N) is 3. The minimum Gasteiger partial charge on any atom is -0.307 e. The van der Waals surface area contributed by atoms with Crippen LogP contribution in [0.2, 0.25) is 5.15 Å². The maximum atomic E-state index is 12.6. The number of nitrogens with one attached hydrogen (secondary N) is 1. The quantitative estimate of drug-likeness (QED) is 0.688. The van der Waals surface area contributed by atoms with Crippen LogP contribution >= 0.6 is 11.6 Å². The van der Waals surface area contributed by atoms with Crippen LogP contribution in [0.15, 0.2) is 54.7 Å². The summed E-state index contributed by atoms with van der Waals surface area (Å²) in [6, 6.07) is 15.2. The first-order valence-electron chi connectivity index (χ1n) is 8.38. The monoisotopic (exact) mass is 368 g/mol. The van der Waals surface area contributed by atoms with Gasteiger partial charge in [-0.05, 0) is 17.7 Å². The summed E-state index contributed by atoms with van der Waals surface area (Å²) in [6.45, 7) is 6.86. The molecule has 3 aromatic rings. The van der Waals surface area contributed by atoms with E-state index in [1.807, 2.05) is 41.1 Å². The van der Waals surface area contributed by atoms with E-state index in [1.54, 1.807) is 12.1 Å². The van der Waals surface area contributed by atoms with Gasteiger partial charge in [0.25, 0.3) is 5.91 Å². The molecule has 0 spiro atoms. The molecule has 0 aliphatic carbocycles. The SMILES string of the molecule is CC(C)(C)c1cc(NC(=O)c2ccc(Cl)nc2)n(Cc2ccccc2)n1. The predicted molar refractivity (Wildman–Crippen MR) is 104 cm³/mol. The van der Waals surface area contributed by atoms with Gasteiger partial charge in [-0.25, -0.2) is 9.67 Å². The van der Waals surface area contributed by atoms with Crippen molar-refractivity contribution in [2.45, 2.75) is 32.7 Å². The van der Waals surface area contributed by atoms with E-state index in [0.29, 0.717) is 23.1 Å². The van der Waals surface area contributed by atoms with Gasteiger partial charge in [-0.3, -0.25) is 4.79 Å². The smallest absolute Gasteiger partial charge is 0.258 e. The molecule has 0 atom stereocenters. The summed E-state index contributed by atoms with van der Waals surface area (Å²) in [5, 5.41) is 7.99. The highest BCUT2D eigenvalue weighted by Gasteiger charge is 2.21. The molecule has 0 saturated carbocycles. The van der Waals surface area contributed by atoms with E-state index in [2.05, 4.69) is 31.1 Å². The van der Waals surface area contributed by atoms with Gasteiger partial charge in [-0.2, -0.15) is 5.10 Å². The van der Waals surface area contributed by atoms with Crippen molar-refractivity contribution in [3.05, 3.63) is 76.7 Å². The molecule has 0 aliphatic heterocycles. The van der Waals surface area contributed by atoms with E-state index in [4.69, 9.17) is 16.7 Å². The molecule has 1 amide bonds. The van der Waals surface area contributed by atoms with Crippen molar-refractivity contribution in [3.63, 3.8) is 0 Å². The van der Waals surface area contributed by atoms with E-state index < -0.39 is 0 Å². The van der Waals surface area contributed by atoms with Crippen molar-refractivity contribution in [2.24, 2.45) is 0 Å². The number of aromatic nitrogens is 3. The zero-order valence-corrected chi connectivity index (χ0v) is 15.8. The Morgan fingerprint density at radius 3 is 2.50 bits per heavy atom. The van der Waals surface area contributed by atoms with E-state index in [0.717, 1.165) is 11.3 Å². The summed E-state index contributed by atoms with van der Waals surface area (Å²) in [6.07, 6.45) is 1.46. The Morgan fingerprint density at radius 2 is 1.88 bits per heavy atom. The van der Waals surface area contributed by atoms with Crippen LogP contribution in [0.1, 0.15) is 42.4 Å². The van der Waals surface area contributed by atoms with Crippen molar-refractivity contribution in [3.8, 4) is 0 Å². The number of amides is 1. The summed E-state index contributed by atoms with van der Waals surface area (Å²) in [5.41, 5.74) is 2.35. The largest absolute Gasteiger partial charge is 0.307 e. The topological polar surface area (TPSA) is 59.8 Å². The van der Waals surface area contributed by atoms with Crippen molar-refractivity contribution in [2.75, 3.05) is 5.32 Å². The fourth-order valence-corrected chi connectivity index (χ4v) is 2.57. The molecule has 0 saturated heterocycles. The number of anilines is 1. The molecule has 2 aromatic heterocycles. The summed E-state index contributed by atoms with van der Waals surface area (Å²) < 4.78 is 1.82. The molecule has 134 valence electrons. The van der Waals surface area contributed by atoms with Crippen LogP contribution in [0.4, 0.5) is 5.82 Å². The zero-order valence-electron chi connectivity index (χ0n) is 15.0. The van der Waals surface area contributed by atoms with Crippen LogP contribution in [0, 0.1) is 0 Å². The second kappa shape index (κ2) is 7.30. The Kier molecular flexibility index (Phi) is 5.09. The van der Waals surface area contributed by atoms with Crippen LogP contribution in [0.3, 0.4) is 0 Å². The number of rotatable bonds is 4. The first kappa shape index (κ1) is 18.1. The van der Waals surface area contributed by atoms with Crippen molar-refractivity contribution >= 4 is 23.3 Å². The molecule has 1 N–H and O–H groups in total. The first-order chi connectivity index (χ1) is 12.3. The second-order valence-electron chi connectivity index (χ2n) is 7.13. The predicted octanol–water partition coefficient (Wildman–Crippen LogP) is 4.53. The lowest BCUT2D eigenvalue weighted by Gasteiger charge is -2.14. The number of halogens is 1. The molecule has 3 rings (SSSR count). The van der Waals surface area contributed by atoms with Gasteiger partial charge in [0.05, 0.1) is 17.8 Å². The van der Waals surface area contributed by atoms with E-state index in [9.17, 15) is 4.79 Å². The first-order valence-corrected chi connectivity index (χ1v) is 8.76. The highest BCUT2D eigenvalue weighted by Crippen LogP contribution is 2.25. The number of pyridine rings is 1. The van der Waals surface area contributed by atoms with Gasteiger partial charge in [0.15, 0.2) is 0 Å². The fourth-order valence-electron chi connectivity index (χ4n) is 2.46. The average Bonchev–Trinajstić information content (AvgIpc) is 2.99. The molecule has 6 heteroatoms. The van der Waals surface area contributed by atoms with E-state index >= 15 is 0 Å². The minimum absolute atomic E-state index is 0.122. The summed E-state index contributed by atoms with van der Waals surface area (Å²) >= 11 is 5.79. The summed E-state index contributed by atoms with van der Waals surface area (Å²) in [4.78, 5) is 16.5. The highest BCUT2D eigenvalue weighted by atomic mass is 35.5. The highest BCUT2D eigenvalue weighted by molar-refractivity contribution is 6.29. The lowest BCUT2D eigenvalue weighted by Crippen LogP contribution is -2.16. The van der Waals surface area contributed by atoms with Gasteiger partial charge in [-0.1, -0.05) is 62.7 Å². The number of hydrogen-bond acceptors (Lipinski definition) is 3. The van der Waals surface area contributed by atoms with Gasteiger partial charge in [0, 0.05) is 17.7 Å². The molecule has 0 fully saturated rings. The van der Waals surface area contributed by atoms with Gasteiger partial charge in [-0.15, -0.1) is 0 Å². The zero-order chi connectivity index (χ0) is 18.7. The van der Waals surface area contributed by atoms with Crippen molar-refractivity contribution in [1.29, 1.82) is 0 Å². The van der Waals surface area contributed by atoms with Crippen LogP contribution < -0.4 is 5.32 Å². The third kappa shape index (κ3) is 4.29. The van der Waals surface area contributed by atoms with Crippen LogP contribution in [0.5, 0.6) is 0 Å². The molecule has 0 unspecified atom stereocenters. The molecular formula is C20H21ClN4O. The van der Waals surface area contributed by atoms with Crippen LogP contribution in [0.25, 0.3) is 0 Å². The van der Waals surface area contributed by atoms with Gasteiger partial charge >= 0.3 is 0 Å². The number of benzene rings is 1. The second-order valence-corrected chi connectivity index (χ2v) is 7.52. The number of carbonyl (C=O) groups excluding carboxylic acids is 1. The third-order valence-electron chi connectivity index (χ3n) is 3.95. The Hall–Kier alpha value is -2.66. The lowest BCUT2D eigenvalue weighted by molar-refractivity contribution is 0.102. The fraction of sp³-hybridized carbons (Fsp3) is 0.250. The standard InChI is InChI=1S/C20H21ClN4O/c1-20(2,3)16-11-18(23-19(26)15-9-10-17(21)22-12-15)25(24-16)13-14-7-5-4-6-8-14/h4-12H,13H2,1-3H3,(H,23,26).